The molecule has 1 aromatic carbocycles. The normalized spacial score (nSPS) is 12.4. The van der Waals surface area contributed by atoms with Gasteiger partial charge in [0.1, 0.15) is 12.3 Å². The maximum absolute atomic E-state index is 12.4. The monoisotopic (exact) mass is 376 g/mol. The molecule has 1 aromatic heterocycles. The highest BCUT2D eigenvalue weighted by molar-refractivity contribution is 7.89. The van der Waals surface area contributed by atoms with Crippen molar-refractivity contribution >= 4 is 15.9 Å². The molecule has 25 heavy (non-hydrogen) atoms. The highest BCUT2D eigenvalue weighted by Crippen LogP contribution is 2.18. The molecular formula is C15H15F3N2O4S. The van der Waals surface area contributed by atoms with Crippen molar-refractivity contribution in [3.05, 3.63) is 54.0 Å². The molecule has 1 amide bonds. The summed E-state index contributed by atoms with van der Waals surface area (Å²) in [6.45, 7) is -1.44. The van der Waals surface area contributed by atoms with E-state index in [1.54, 1.807) is 17.4 Å². The minimum absolute atomic E-state index is 0.0170. The summed E-state index contributed by atoms with van der Waals surface area (Å²) < 4.78 is 67.3. The van der Waals surface area contributed by atoms with E-state index in [2.05, 4.69) is 0 Å². The Balaban J connectivity index is 2.08. The lowest BCUT2D eigenvalue weighted by molar-refractivity contribution is -0.123. The van der Waals surface area contributed by atoms with Gasteiger partial charge in [-0.05, 0) is 36.4 Å². The first-order valence-electron chi connectivity index (χ1n) is 7.03. The molecule has 1 heterocycles. The van der Waals surface area contributed by atoms with E-state index in [1.165, 1.54) is 13.3 Å². The van der Waals surface area contributed by atoms with Crippen LogP contribution in [0.15, 0.2) is 52.0 Å². The van der Waals surface area contributed by atoms with Crippen molar-refractivity contribution in [2.45, 2.75) is 17.6 Å². The molecule has 10 heteroatoms. The van der Waals surface area contributed by atoms with E-state index in [1.807, 2.05) is 0 Å². The van der Waals surface area contributed by atoms with Crippen LogP contribution in [0.1, 0.15) is 16.1 Å². The third kappa shape index (κ3) is 5.07. The van der Waals surface area contributed by atoms with Crippen LogP contribution in [0.5, 0.6) is 0 Å². The van der Waals surface area contributed by atoms with Crippen LogP contribution < -0.4 is 5.32 Å². The van der Waals surface area contributed by atoms with Crippen LogP contribution in [-0.4, -0.2) is 38.4 Å². The fraction of sp³-hybridized carbons (Fsp3) is 0.267. The lowest BCUT2D eigenvalue weighted by Gasteiger charge is -2.16. The minimum Gasteiger partial charge on any atom is -0.468 e. The fourth-order valence-corrected chi connectivity index (χ4v) is 3.08. The van der Waals surface area contributed by atoms with Crippen molar-refractivity contribution in [3.8, 4) is 0 Å². The van der Waals surface area contributed by atoms with Gasteiger partial charge < -0.3 is 9.73 Å². The number of rotatable bonds is 6. The Bertz CT molecular complexity index is 815. The second kappa shape index (κ2) is 7.28. The standard InChI is InChI=1S/C15H15F3N2O4S/c1-20(9-12-3-2-8-24-12)25(22,23)13-6-4-11(5-7-13)14(21)19-10-15(16,17)18/h2-8H,9-10H2,1H3,(H,19,21). The molecule has 0 radical (unpaired) electrons. The molecule has 2 aromatic rings. The molecular weight excluding hydrogens is 361 g/mol. The largest absolute Gasteiger partial charge is 0.468 e. The number of hydrogen-bond donors (Lipinski definition) is 1. The van der Waals surface area contributed by atoms with E-state index in [-0.39, 0.29) is 17.0 Å². The number of carbonyl (C=O) groups is 1. The molecule has 2 rings (SSSR count). The third-order valence-electron chi connectivity index (χ3n) is 3.23. The number of sulfonamides is 1. The first-order valence-corrected chi connectivity index (χ1v) is 8.47. The van der Waals surface area contributed by atoms with Crippen LogP contribution in [0.25, 0.3) is 0 Å². The quantitative estimate of drug-likeness (QED) is 0.840. The van der Waals surface area contributed by atoms with Crippen LogP contribution in [0.2, 0.25) is 0 Å². The third-order valence-corrected chi connectivity index (χ3v) is 5.05. The molecule has 1 N–H and O–H groups in total. The topological polar surface area (TPSA) is 79.6 Å². The Morgan fingerprint density at radius 1 is 1.20 bits per heavy atom. The van der Waals surface area contributed by atoms with Gasteiger partial charge in [-0.2, -0.15) is 17.5 Å². The Hall–Kier alpha value is -2.33. The first-order chi connectivity index (χ1) is 11.6. The second-order valence-electron chi connectivity index (χ2n) is 5.16. The molecule has 0 aliphatic carbocycles. The summed E-state index contributed by atoms with van der Waals surface area (Å²) in [6, 6.07) is 7.88. The fourth-order valence-electron chi connectivity index (χ4n) is 1.95. The van der Waals surface area contributed by atoms with E-state index >= 15 is 0 Å². The lowest BCUT2D eigenvalue weighted by Crippen LogP contribution is -2.33. The van der Waals surface area contributed by atoms with Crippen LogP contribution >= 0.6 is 0 Å². The summed E-state index contributed by atoms with van der Waals surface area (Å²) >= 11 is 0. The zero-order chi connectivity index (χ0) is 18.7. The highest BCUT2D eigenvalue weighted by atomic mass is 32.2. The number of amides is 1. The zero-order valence-electron chi connectivity index (χ0n) is 13.1. The SMILES string of the molecule is CN(Cc1ccco1)S(=O)(=O)c1ccc(C(=O)NCC(F)(F)F)cc1. The molecule has 0 aliphatic rings. The molecule has 136 valence electrons. The number of carbonyl (C=O) groups excluding carboxylic acids is 1. The van der Waals surface area contributed by atoms with Crippen molar-refractivity contribution in [3.63, 3.8) is 0 Å². The van der Waals surface area contributed by atoms with Gasteiger partial charge in [0, 0.05) is 12.6 Å². The summed E-state index contributed by atoms with van der Waals surface area (Å²) in [5.74, 6) is -0.487. The number of furan rings is 1. The highest BCUT2D eigenvalue weighted by Gasteiger charge is 2.28. The molecule has 0 saturated carbocycles. The maximum atomic E-state index is 12.4. The first kappa shape index (κ1) is 19.0. The van der Waals surface area contributed by atoms with Gasteiger partial charge in [0.2, 0.25) is 10.0 Å². The number of nitrogens with zero attached hydrogens (tertiary/aromatic N) is 1. The summed E-state index contributed by atoms with van der Waals surface area (Å²) in [7, 11) is -2.47. The van der Waals surface area contributed by atoms with Crippen molar-refractivity contribution < 1.29 is 30.8 Å². The Morgan fingerprint density at radius 3 is 2.36 bits per heavy atom. The maximum Gasteiger partial charge on any atom is 0.405 e. The van der Waals surface area contributed by atoms with Crippen molar-refractivity contribution in [1.29, 1.82) is 0 Å². The van der Waals surface area contributed by atoms with E-state index in [9.17, 15) is 26.4 Å². The van der Waals surface area contributed by atoms with Gasteiger partial charge in [-0.1, -0.05) is 0 Å². The van der Waals surface area contributed by atoms with Crippen LogP contribution in [0.3, 0.4) is 0 Å². The number of benzene rings is 1. The number of alkyl halides is 3. The molecule has 0 saturated heterocycles. The van der Waals surface area contributed by atoms with Crippen molar-refractivity contribution in [2.75, 3.05) is 13.6 Å². The smallest absolute Gasteiger partial charge is 0.405 e. The summed E-state index contributed by atoms with van der Waals surface area (Å²) in [5.41, 5.74) is -0.0723. The molecule has 0 aliphatic heterocycles. The van der Waals surface area contributed by atoms with Crippen molar-refractivity contribution in [2.24, 2.45) is 0 Å². The van der Waals surface area contributed by atoms with Crippen LogP contribution in [-0.2, 0) is 16.6 Å². The van der Waals surface area contributed by atoms with Crippen LogP contribution in [0.4, 0.5) is 13.2 Å². The molecule has 0 fully saturated rings. The molecule has 0 bridgehead atoms. The predicted octanol–water partition coefficient (Wildman–Crippen LogP) is 2.39. The predicted molar refractivity (Wildman–Crippen MR) is 82.2 cm³/mol. The van der Waals surface area contributed by atoms with Gasteiger partial charge in [0.25, 0.3) is 5.91 Å². The summed E-state index contributed by atoms with van der Waals surface area (Å²) in [5, 5.41) is 1.71. The average molecular weight is 376 g/mol. The Labute approximate surface area is 142 Å². The lowest BCUT2D eigenvalue weighted by atomic mass is 10.2. The Morgan fingerprint density at radius 2 is 1.84 bits per heavy atom. The van der Waals surface area contributed by atoms with E-state index < -0.39 is 28.7 Å². The van der Waals surface area contributed by atoms with E-state index in [0.717, 1.165) is 28.6 Å². The Kier molecular flexibility index (Phi) is 5.53. The van der Waals surface area contributed by atoms with Crippen LogP contribution in [0, 0.1) is 0 Å². The second-order valence-corrected chi connectivity index (χ2v) is 7.21. The van der Waals surface area contributed by atoms with Gasteiger partial charge in [-0.15, -0.1) is 0 Å². The molecule has 0 atom stereocenters. The summed E-state index contributed by atoms with van der Waals surface area (Å²) in [6.07, 6.45) is -3.10. The summed E-state index contributed by atoms with van der Waals surface area (Å²) in [4.78, 5) is 11.5. The zero-order valence-corrected chi connectivity index (χ0v) is 13.9. The number of nitrogens with one attached hydrogen (secondary N) is 1. The number of halogens is 3. The van der Waals surface area contributed by atoms with E-state index in [0.29, 0.717) is 5.76 Å². The minimum atomic E-state index is -4.52. The van der Waals surface area contributed by atoms with Crippen molar-refractivity contribution in [1.82, 2.24) is 9.62 Å². The van der Waals surface area contributed by atoms with E-state index in [4.69, 9.17) is 4.42 Å². The average Bonchev–Trinajstić information content (AvgIpc) is 3.05. The number of hydrogen-bond acceptors (Lipinski definition) is 4. The molecule has 6 nitrogen and oxygen atoms in total. The van der Waals surface area contributed by atoms with Gasteiger partial charge in [-0.3, -0.25) is 4.79 Å². The molecule has 0 spiro atoms. The van der Waals surface area contributed by atoms with Gasteiger partial charge >= 0.3 is 6.18 Å². The van der Waals surface area contributed by atoms with Gasteiger partial charge in [0.05, 0.1) is 17.7 Å². The molecule has 0 unspecified atom stereocenters. The van der Waals surface area contributed by atoms with Gasteiger partial charge in [-0.25, -0.2) is 8.42 Å². The van der Waals surface area contributed by atoms with Gasteiger partial charge in [0.15, 0.2) is 0 Å².